The first kappa shape index (κ1) is 38.9. The summed E-state index contributed by atoms with van der Waals surface area (Å²) in [5.74, 6) is 1.87. The summed E-state index contributed by atoms with van der Waals surface area (Å²) in [5.41, 5.74) is 14.5. The lowest BCUT2D eigenvalue weighted by Crippen LogP contribution is -2.01. The van der Waals surface area contributed by atoms with Gasteiger partial charge in [-0.2, -0.15) is 0 Å². The number of nitrogens with zero attached hydrogens (tertiary/aromatic N) is 3. The van der Waals surface area contributed by atoms with Crippen LogP contribution < -0.4 is 0 Å². The number of hydrogen-bond acceptors (Lipinski definition) is 3. The van der Waals surface area contributed by atoms with E-state index in [0.717, 1.165) is 54.9 Å². The minimum atomic E-state index is 0.619. The molecule has 0 saturated carbocycles. The number of benzene rings is 11. The first-order chi connectivity index (χ1) is 32.7. The molecule has 3 nitrogen and oxygen atoms in total. The van der Waals surface area contributed by atoms with Crippen molar-refractivity contribution in [1.29, 1.82) is 0 Å². The SMILES string of the molecule is c1ccc(-c2ccc(-c3cccc(-c4cccc(-c5nc(-c6ccc7cc(-c8cccc9ccccc89)ccc7c6)nc(-c6cccc7cc(-c8ccccc8)ccc67)n5)c4)c3)cc2)cc1. The van der Waals surface area contributed by atoms with Crippen LogP contribution in [0.2, 0.25) is 0 Å². The molecule has 66 heavy (non-hydrogen) atoms. The Kier molecular flexibility index (Phi) is 9.85. The van der Waals surface area contributed by atoms with Gasteiger partial charge < -0.3 is 0 Å². The van der Waals surface area contributed by atoms with Gasteiger partial charge in [-0.1, -0.05) is 218 Å². The van der Waals surface area contributed by atoms with E-state index in [2.05, 4.69) is 249 Å². The highest BCUT2D eigenvalue weighted by molar-refractivity contribution is 6.00. The molecule has 0 aliphatic carbocycles. The molecule has 0 atom stereocenters. The van der Waals surface area contributed by atoms with Gasteiger partial charge >= 0.3 is 0 Å². The Morgan fingerprint density at radius 2 is 0.561 bits per heavy atom. The smallest absolute Gasteiger partial charge is 0.164 e. The predicted octanol–water partition coefficient (Wildman–Crippen LogP) is 16.7. The second-order valence-electron chi connectivity index (χ2n) is 16.8. The molecule has 0 aliphatic rings. The summed E-state index contributed by atoms with van der Waals surface area (Å²) in [6.07, 6.45) is 0. The van der Waals surface area contributed by atoms with Crippen molar-refractivity contribution in [3.63, 3.8) is 0 Å². The highest BCUT2D eigenvalue weighted by Gasteiger charge is 2.17. The third kappa shape index (κ3) is 7.49. The van der Waals surface area contributed by atoms with Crippen molar-refractivity contribution in [2.24, 2.45) is 0 Å². The van der Waals surface area contributed by atoms with Crippen LogP contribution in [0.25, 0.3) is 122 Å². The summed E-state index contributed by atoms with van der Waals surface area (Å²) in [5, 5.41) is 6.97. The van der Waals surface area contributed by atoms with E-state index in [1.165, 1.54) is 49.7 Å². The van der Waals surface area contributed by atoms with E-state index in [1.54, 1.807) is 0 Å². The average molecular weight is 840 g/mol. The van der Waals surface area contributed by atoms with Gasteiger partial charge in [0.25, 0.3) is 0 Å². The summed E-state index contributed by atoms with van der Waals surface area (Å²) >= 11 is 0. The lowest BCUT2D eigenvalue weighted by Gasteiger charge is -2.13. The van der Waals surface area contributed by atoms with Gasteiger partial charge in [0, 0.05) is 16.7 Å². The van der Waals surface area contributed by atoms with Gasteiger partial charge in [0.05, 0.1) is 0 Å². The Morgan fingerprint density at radius 3 is 1.27 bits per heavy atom. The third-order valence-electron chi connectivity index (χ3n) is 12.7. The third-order valence-corrected chi connectivity index (χ3v) is 12.7. The molecule has 1 heterocycles. The molecular formula is C63H41N3. The highest BCUT2D eigenvalue weighted by Crippen LogP contribution is 2.36. The molecule has 12 aromatic rings. The molecule has 12 rings (SSSR count). The molecule has 1 aromatic heterocycles. The van der Waals surface area contributed by atoms with Crippen molar-refractivity contribution >= 4 is 32.3 Å². The van der Waals surface area contributed by atoms with Gasteiger partial charge in [0.2, 0.25) is 0 Å². The molecule has 0 fully saturated rings. The number of hydrogen-bond donors (Lipinski definition) is 0. The normalized spacial score (nSPS) is 11.3. The minimum Gasteiger partial charge on any atom is -0.208 e. The minimum absolute atomic E-state index is 0.619. The van der Waals surface area contributed by atoms with Crippen LogP contribution in [0, 0.1) is 0 Å². The summed E-state index contributed by atoms with van der Waals surface area (Å²) < 4.78 is 0. The van der Waals surface area contributed by atoms with E-state index in [9.17, 15) is 0 Å². The van der Waals surface area contributed by atoms with Gasteiger partial charge in [-0.05, 0) is 118 Å². The zero-order valence-electron chi connectivity index (χ0n) is 36.0. The van der Waals surface area contributed by atoms with Crippen LogP contribution in [0.5, 0.6) is 0 Å². The van der Waals surface area contributed by atoms with E-state index >= 15 is 0 Å². The van der Waals surface area contributed by atoms with Crippen LogP contribution in [-0.4, -0.2) is 15.0 Å². The maximum Gasteiger partial charge on any atom is 0.164 e. The maximum atomic E-state index is 5.27. The number of rotatable bonds is 8. The second-order valence-corrected chi connectivity index (χ2v) is 16.8. The lowest BCUT2D eigenvalue weighted by atomic mass is 9.95. The standard InChI is InChI=1S/C63H41N3/c1-3-13-42(14-4-1)44-27-29-45(30-28-44)47-19-9-20-48(37-47)49-21-10-23-55(40-49)61-64-62(66-63(65-61)60-26-12-22-53-38-50(35-36-59(53)60)43-15-5-2-6-16-43)56-34-32-51-39-54(33-31-52(51)41-56)58-25-11-18-46-17-7-8-24-57(46)58/h1-41H. The van der Waals surface area contributed by atoms with Gasteiger partial charge in [-0.3, -0.25) is 0 Å². The van der Waals surface area contributed by atoms with Gasteiger partial charge in [0.1, 0.15) is 0 Å². The summed E-state index contributed by atoms with van der Waals surface area (Å²) in [6, 6.07) is 88.5. The van der Waals surface area contributed by atoms with Crippen LogP contribution in [-0.2, 0) is 0 Å². The second kappa shape index (κ2) is 16.7. The molecule has 3 heteroatoms. The van der Waals surface area contributed by atoms with Crippen LogP contribution in [0.4, 0.5) is 0 Å². The molecule has 0 spiro atoms. The van der Waals surface area contributed by atoms with Crippen LogP contribution in [0.1, 0.15) is 0 Å². The molecule has 0 aliphatic heterocycles. The molecule has 0 radical (unpaired) electrons. The topological polar surface area (TPSA) is 38.7 Å². The van der Waals surface area contributed by atoms with Crippen LogP contribution >= 0.6 is 0 Å². The quantitative estimate of drug-likeness (QED) is 0.153. The fraction of sp³-hybridized carbons (Fsp3) is 0. The molecule has 11 aromatic carbocycles. The van der Waals surface area contributed by atoms with E-state index in [4.69, 9.17) is 15.0 Å². The van der Waals surface area contributed by atoms with Crippen molar-refractivity contribution in [2.75, 3.05) is 0 Å². The largest absolute Gasteiger partial charge is 0.208 e. The Hall–Kier alpha value is -8.79. The molecule has 0 unspecified atom stereocenters. The molecule has 0 N–H and O–H groups in total. The summed E-state index contributed by atoms with van der Waals surface area (Å²) in [6.45, 7) is 0. The zero-order valence-corrected chi connectivity index (χ0v) is 36.0. The van der Waals surface area contributed by atoms with Crippen molar-refractivity contribution in [3.8, 4) is 89.8 Å². The summed E-state index contributed by atoms with van der Waals surface area (Å²) in [7, 11) is 0. The van der Waals surface area contributed by atoms with Crippen molar-refractivity contribution in [2.45, 2.75) is 0 Å². The van der Waals surface area contributed by atoms with E-state index in [0.29, 0.717) is 17.5 Å². The van der Waals surface area contributed by atoms with Gasteiger partial charge in [0.15, 0.2) is 17.5 Å². The van der Waals surface area contributed by atoms with Gasteiger partial charge in [-0.15, -0.1) is 0 Å². The monoisotopic (exact) mass is 839 g/mol. The lowest BCUT2D eigenvalue weighted by molar-refractivity contribution is 1.08. The van der Waals surface area contributed by atoms with Crippen molar-refractivity contribution < 1.29 is 0 Å². The fourth-order valence-electron chi connectivity index (χ4n) is 9.27. The van der Waals surface area contributed by atoms with Gasteiger partial charge in [-0.25, -0.2) is 15.0 Å². The molecular weight excluding hydrogens is 799 g/mol. The Labute approximate surface area is 384 Å². The zero-order chi connectivity index (χ0) is 43.8. The fourth-order valence-corrected chi connectivity index (χ4v) is 9.27. The van der Waals surface area contributed by atoms with E-state index < -0.39 is 0 Å². The van der Waals surface area contributed by atoms with Crippen LogP contribution in [0.3, 0.4) is 0 Å². The molecule has 0 saturated heterocycles. The van der Waals surface area contributed by atoms with Crippen molar-refractivity contribution in [1.82, 2.24) is 15.0 Å². The molecule has 308 valence electrons. The Bertz CT molecular complexity index is 3740. The average Bonchev–Trinajstić information content (AvgIpc) is 3.40. The Balaban J connectivity index is 0.949. The van der Waals surface area contributed by atoms with E-state index in [1.807, 2.05) is 0 Å². The maximum absolute atomic E-state index is 5.27. The van der Waals surface area contributed by atoms with Crippen LogP contribution in [0.15, 0.2) is 249 Å². The van der Waals surface area contributed by atoms with Crippen molar-refractivity contribution in [3.05, 3.63) is 249 Å². The van der Waals surface area contributed by atoms with E-state index in [-0.39, 0.29) is 0 Å². The first-order valence-electron chi connectivity index (χ1n) is 22.4. The number of fused-ring (bicyclic) bond motifs is 3. The molecule has 0 amide bonds. The summed E-state index contributed by atoms with van der Waals surface area (Å²) in [4.78, 5) is 15.8. The molecule has 0 bridgehead atoms. The highest BCUT2D eigenvalue weighted by atomic mass is 15.0. The number of aromatic nitrogens is 3. The Morgan fingerprint density at radius 1 is 0.182 bits per heavy atom. The first-order valence-corrected chi connectivity index (χ1v) is 22.4. The predicted molar refractivity (Wildman–Crippen MR) is 276 cm³/mol.